The van der Waals surface area contributed by atoms with Crippen molar-refractivity contribution in [3.05, 3.63) is 256 Å². The van der Waals surface area contributed by atoms with Gasteiger partial charge in [0.15, 0.2) is 46.5 Å². The van der Waals surface area contributed by atoms with Crippen LogP contribution in [0.15, 0.2) is 107 Å². The van der Waals surface area contributed by atoms with Gasteiger partial charge in [-0.1, -0.05) is 142 Å². The molecule has 3 aliphatic rings. The largest absolute Gasteiger partial charge is 0.395 e. The van der Waals surface area contributed by atoms with Crippen molar-refractivity contribution < 1.29 is 49.5 Å². The smallest absolute Gasteiger partial charge is 0.276 e. The third kappa shape index (κ3) is 17.6. The molecule has 15 rings (SSSR count). The van der Waals surface area contributed by atoms with Crippen molar-refractivity contribution in [1.82, 2.24) is 58.3 Å². The number of anilines is 6. The highest BCUT2D eigenvalue weighted by molar-refractivity contribution is 6.45. The number of rotatable bonds is 15. The first-order valence-electron chi connectivity index (χ1n) is 41.3. The van der Waals surface area contributed by atoms with Crippen LogP contribution in [0.4, 0.5) is 69.2 Å². The van der Waals surface area contributed by atoms with Gasteiger partial charge in [-0.2, -0.15) is 15.8 Å². The summed E-state index contributed by atoms with van der Waals surface area (Å²) in [5.41, 5.74) is 13.2. The monoisotopic (exact) mass is 1980 g/mol. The number of carbonyl (C=O) groups excluding carboxylic acids is 3. The topological polar surface area (TPSA) is 363 Å². The van der Waals surface area contributed by atoms with Gasteiger partial charge in [0.05, 0.1) is 126 Å². The minimum absolute atomic E-state index is 0.00508. The fourth-order valence-corrected chi connectivity index (χ4v) is 18.2. The summed E-state index contributed by atoms with van der Waals surface area (Å²) in [6.45, 7) is 30.4. The predicted octanol–water partition coefficient (Wildman–Crippen LogP) is 18.2. The predicted molar refractivity (Wildman–Crippen MR) is 507 cm³/mol. The van der Waals surface area contributed by atoms with E-state index >= 15 is 13.2 Å². The fourth-order valence-electron chi connectivity index (χ4n) is 16.5. The number of aryl methyl sites for hydroxylation is 3. The van der Waals surface area contributed by atoms with E-state index in [0.29, 0.717) is 69.3 Å². The Balaban J connectivity index is 0.000000171. The molecule has 3 fully saturated rings. The van der Waals surface area contributed by atoms with Crippen molar-refractivity contribution in [2.75, 3.05) is 110 Å². The number of nitrogens with zero attached hydrogens (tertiary/aromatic N) is 18. The molecule has 27 nitrogen and oxygen atoms in total. The van der Waals surface area contributed by atoms with E-state index in [-0.39, 0.29) is 183 Å². The van der Waals surface area contributed by atoms with Crippen LogP contribution >= 0.6 is 81.2 Å². The molecule has 0 atom stereocenters. The van der Waals surface area contributed by atoms with Gasteiger partial charge in [-0.3, -0.25) is 57.4 Å². The van der Waals surface area contributed by atoms with Gasteiger partial charge in [0.2, 0.25) is 17.7 Å². The normalized spacial score (nSPS) is 13.4. The molecule has 3 aliphatic heterocycles. The second-order valence-corrected chi connectivity index (χ2v) is 35.0. The van der Waals surface area contributed by atoms with Gasteiger partial charge in [0.25, 0.3) is 16.7 Å². The molecule has 3 aromatic carbocycles. The molecule has 696 valence electrons. The zero-order chi connectivity index (χ0) is 98.7. The number of nitrogen functional groups attached to an aromatic ring is 3. The lowest BCUT2D eigenvalue weighted by Crippen LogP contribution is -2.49. The van der Waals surface area contributed by atoms with Crippen LogP contribution < -0.4 is 48.6 Å². The quantitative estimate of drug-likeness (QED) is 0.0282. The maximum absolute atomic E-state index is 15.6. The number of carbonyl (C=O) groups is 3. The summed E-state index contributed by atoms with van der Waals surface area (Å²) in [7, 11) is 0. The number of pyridine rings is 9. The summed E-state index contributed by atoms with van der Waals surface area (Å²) >= 11 is 44.8. The van der Waals surface area contributed by atoms with E-state index in [1.165, 1.54) is 50.1 Å². The standard InChI is InChI=1S/C31H26Cl3F2N7O2.2C31H26Cl2F3N7O2/c1-5-19(44)41-8-10-42(11-9-41)29-16-12-18(32)27(20-21(33)22(34)24(36)25(38)23(20)35)40-30(16)43(31(45)17(29)13-37)28-15(4)6-7-39-26(28)14(2)3;1-5-19(44)41-8-10-42(11-9-41)29-16-12-18(32)27(20-21(33)25(38)24(36)23(35)22(20)34)40-30(16)43(31(45)17(29)13-37)28-15(4)6-7-39-26(28)14(2)3;1-5-19(44)41-8-10-42(11-9-41)29-16-12-18(32)27(20-21(33)23(35)24(36)25(38)22(20)34)40-30(16)43(31(45)17(29)13-37)28-15(4)6-7-39-26(28)14(2)3/h3*5-7,12,14H,1,8-11,38H2,2-4H3. The number of hydrogen-bond acceptors (Lipinski definition) is 21. The highest BCUT2D eigenvalue weighted by Gasteiger charge is 2.38. The summed E-state index contributed by atoms with van der Waals surface area (Å²) < 4.78 is 122. The Kier molecular flexibility index (Phi) is 29.1. The van der Waals surface area contributed by atoms with E-state index in [4.69, 9.17) is 98.4 Å². The molecule has 12 aromatic rings. The Morgan fingerprint density at radius 3 is 0.933 bits per heavy atom. The zero-order valence-corrected chi connectivity index (χ0v) is 78.5. The van der Waals surface area contributed by atoms with Crippen LogP contribution in [-0.4, -0.2) is 155 Å². The summed E-state index contributed by atoms with van der Waals surface area (Å²) in [5, 5.41) is 28.5. The van der Waals surface area contributed by atoms with Crippen LogP contribution in [0.5, 0.6) is 0 Å². The molecule has 9 aromatic heterocycles. The first-order chi connectivity index (χ1) is 64.0. The average molecular weight is 1990 g/mol. The Labute approximate surface area is 800 Å². The molecule has 0 saturated carbocycles. The summed E-state index contributed by atoms with van der Waals surface area (Å²) in [6.07, 6.45) is 8.41. The van der Waals surface area contributed by atoms with E-state index in [1.807, 2.05) is 53.7 Å². The van der Waals surface area contributed by atoms with Crippen LogP contribution in [-0.2, 0) is 14.4 Å². The highest BCUT2D eigenvalue weighted by Crippen LogP contribution is 2.49. The number of nitriles is 3. The van der Waals surface area contributed by atoms with Gasteiger partial charge in [-0.25, -0.2) is 50.1 Å². The lowest BCUT2D eigenvalue weighted by Gasteiger charge is -2.36. The molecule has 0 spiro atoms. The maximum Gasteiger partial charge on any atom is 0.276 e. The van der Waals surface area contributed by atoms with Crippen LogP contribution in [0, 0.1) is 101 Å². The molecule has 0 unspecified atom stereocenters. The lowest BCUT2D eigenvalue weighted by molar-refractivity contribution is -0.127. The number of halogens is 15. The van der Waals surface area contributed by atoms with E-state index in [2.05, 4.69) is 55.7 Å². The Hall–Kier alpha value is -13.4. The Morgan fingerprint density at radius 1 is 0.378 bits per heavy atom. The van der Waals surface area contributed by atoms with Crippen LogP contribution in [0.2, 0.25) is 35.2 Å². The molecule has 12 heterocycles. The molecule has 6 N–H and O–H groups in total. The van der Waals surface area contributed by atoms with E-state index < -0.39 is 128 Å². The van der Waals surface area contributed by atoms with Gasteiger partial charge >= 0.3 is 0 Å². The van der Waals surface area contributed by atoms with Crippen molar-refractivity contribution in [3.8, 4) is 69.0 Å². The SMILES string of the molecule is C=CC(=O)N1CCN(c2c(C#N)c(=O)n(-c3c(C)ccnc3C(C)C)c3nc(-c4c(F)c(F)c(F)c(N)c4Cl)c(Cl)cc23)CC1.C=CC(=O)N1CCN(c2c(C#N)c(=O)n(-c3c(C)ccnc3C(C)C)c3nc(-c4c(F)c(N)c(F)c(Cl)c4Cl)c(Cl)cc23)CC1.C=CC(=O)N1CCN(c2c(C#N)c(=O)n(-c3c(C)ccnc3C(C)C)c3nc(-c4c(F)c(N)c(F)c(F)c4Cl)c(Cl)cc23)CC1. The van der Waals surface area contributed by atoms with E-state index in [0.717, 1.165) is 0 Å². The fraction of sp³-hybridized carbons (Fsp3) is 0.258. The zero-order valence-electron chi connectivity index (χ0n) is 73.2. The van der Waals surface area contributed by atoms with E-state index in [1.54, 1.807) is 87.0 Å². The van der Waals surface area contributed by atoms with Crippen molar-refractivity contribution in [1.29, 1.82) is 15.8 Å². The molecule has 0 aliphatic carbocycles. The van der Waals surface area contributed by atoms with Crippen molar-refractivity contribution in [3.63, 3.8) is 0 Å². The second-order valence-electron chi connectivity index (χ2n) is 32.2. The first kappa shape index (κ1) is 99.0. The molecule has 3 amide bonds. The number of aromatic nitrogens is 9. The first-order valence-corrected chi connectivity index (χ1v) is 43.9. The molecule has 42 heteroatoms. The number of fused-ring (bicyclic) bond motifs is 3. The van der Waals surface area contributed by atoms with Crippen molar-refractivity contribution in [2.45, 2.75) is 80.1 Å². The third-order valence-electron chi connectivity index (χ3n) is 23.2. The van der Waals surface area contributed by atoms with Gasteiger partial charge in [-0.15, -0.1) is 0 Å². The molecule has 3 saturated heterocycles. The summed E-state index contributed by atoms with van der Waals surface area (Å²) in [5.74, 6) is -13.6. The van der Waals surface area contributed by atoms with Crippen molar-refractivity contribution >= 4 is 166 Å². The Morgan fingerprint density at radius 2 is 0.652 bits per heavy atom. The third-order valence-corrected chi connectivity index (χ3v) is 25.6. The second kappa shape index (κ2) is 39.6. The van der Waals surface area contributed by atoms with Crippen LogP contribution in [0.1, 0.15) is 110 Å². The van der Waals surface area contributed by atoms with Crippen LogP contribution in [0.25, 0.3) is 83.9 Å². The van der Waals surface area contributed by atoms with Gasteiger partial charge < -0.3 is 46.6 Å². The lowest BCUT2D eigenvalue weighted by atomic mass is 10.0. The number of amides is 3. The van der Waals surface area contributed by atoms with E-state index in [9.17, 15) is 66.5 Å². The molecular formula is C93H78Cl7F8N21O6. The summed E-state index contributed by atoms with van der Waals surface area (Å²) in [6, 6.07) is 15.4. The average Bonchev–Trinajstić information content (AvgIpc) is 0.728. The maximum atomic E-state index is 15.6. The summed E-state index contributed by atoms with van der Waals surface area (Å²) in [4.78, 5) is 117. The number of benzene rings is 3. The van der Waals surface area contributed by atoms with Crippen molar-refractivity contribution in [2.24, 2.45) is 0 Å². The van der Waals surface area contributed by atoms with Crippen LogP contribution in [0.3, 0.4) is 0 Å². The molecule has 135 heavy (non-hydrogen) atoms. The Bertz CT molecular complexity index is 6650. The minimum Gasteiger partial charge on any atom is -0.395 e. The number of piperazine rings is 3. The molecular weight excluding hydrogens is 1910 g/mol. The molecule has 0 radical (unpaired) electrons. The van der Waals surface area contributed by atoms with Gasteiger partial charge in [0, 0.05) is 113 Å². The highest BCUT2D eigenvalue weighted by atomic mass is 35.5. The van der Waals surface area contributed by atoms with Gasteiger partial charge in [0.1, 0.15) is 63.2 Å². The minimum atomic E-state index is -1.88. The van der Waals surface area contributed by atoms with Gasteiger partial charge in [-0.05, 0) is 110 Å². The number of hydrogen-bond donors (Lipinski definition) is 3. The number of nitrogens with two attached hydrogens (primary N) is 3. The molecule has 0 bridgehead atoms.